The van der Waals surface area contributed by atoms with Gasteiger partial charge in [0.2, 0.25) is 11.8 Å². The van der Waals surface area contributed by atoms with E-state index in [1.807, 2.05) is 12.1 Å². The molecule has 0 saturated heterocycles. The van der Waals surface area contributed by atoms with Gasteiger partial charge in [-0.25, -0.2) is 4.79 Å². The van der Waals surface area contributed by atoms with Gasteiger partial charge in [0, 0.05) is 5.69 Å². The molecule has 32 heavy (non-hydrogen) atoms. The zero-order valence-corrected chi connectivity index (χ0v) is 19.3. The fourth-order valence-electron chi connectivity index (χ4n) is 6.46. The number of rotatable bonds is 6. The van der Waals surface area contributed by atoms with Crippen molar-refractivity contribution in [1.29, 1.82) is 0 Å². The molecular formula is C25H35N3O4. The van der Waals surface area contributed by atoms with Crippen LogP contribution in [0.5, 0.6) is 0 Å². The summed E-state index contributed by atoms with van der Waals surface area (Å²) in [6.07, 6.45) is 6.98. The molecule has 174 valence electrons. The lowest BCUT2D eigenvalue weighted by atomic mass is 9.48. The van der Waals surface area contributed by atoms with Crippen LogP contribution in [-0.2, 0) is 19.7 Å². The first-order valence-corrected chi connectivity index (χ1v) is 11.7. The minimum absolute atomic E-state index is 0.296. The highest BCUT2D eigenvalue weighted by Crippen LogP contribution is 2.60. The molecule has 0 aromatic heterocycles. The summed E-state index contributed by atoms with van der Waals surface area (Å²) in [7, 11) is 0. The van der Waals surface area contributed by atoms with Crippen molar-refractivity contribution in [1.82, 2.24) is 5.32 Å². The molecular weight excluding hydrogens is 406 g/mol. The summed E-state index contributed by atoms with van der Waals surface area (Å²) in [6.45, 7) is 5.17. The van der Waals surface area contributed by atoms with Crippen LogP contribution < -0.4 is 16.4 Å². The molecule has 4 saturated carbocycles. The summed E-state index contributed by atoms with van der Waals surface area (Å²) in [5.74, 6) is 1.42. The van der Waals surface area contributed by atoms with Crippen LogP contribution in [0.3, 0.4) is 0 Å². The van der Waals surface area contributed by atoms with E-state index in [4.69, 9.17) is 10.5 Å². The number of carbonyl (C=O) groups excluding carboxylic acids is 3. The van der Waals surface area contributed by atoms with Crippen LogP contribution >= 0.6 is 0 Å². The van der Waals surface area contributed by atoms with Crippen LogP contribution in [0.1, 0.15) is 71.3 Å². The number of hydrogen-bond donors (Lipinski definition) is 3. The highest BCUT2D eigenvalue weighted by Gasteiger charge is 2.51. The van der Waals surface area contributed by atoms with E-state index in [0.717, 1.165) is 17.8 Å². The van der Waals surface area contributed by atoms with Gasteiger partial charge in [0.05, 0.1) is 6.42 Å². The maximum atomic E-state index is 12.8. The first kappa shape index (κ1) is 22.6. The van der Waals surface area contributed by atoms with E-state index >= 15 is 0 Å². The number of carbonyl (C=O) groups is 3. The first-order valence-electron chi connectivity index (χ1n) is 11.7. The molecule has 3 amide bonds. The van der Waals surface area contributed by atoms with Gasteiger partial charge in [0.25, 0.3) is 0 Å². The molecule has 7 heteroatoms. The summed E-state index contributed by atoms with van der Waals surface area (Å²) < 4.78 is 5.20. The van der Waals surface area contributed by atoms with Gasteiger partial charge in [-0.1, -0.05) is 12.1 Å². The summed E-state index contributed by atoms with van der Waals surface area (Å²) in [5, 5.41) is 5.25. The zero-order chi connectivity index (χ0) is 23.1. The van der Waals surface area contributed by atoms with Crippen molar-refractivity contribution in [2.45, 2.75) is 82.8 Å². The van der Waals surface area contributed by atoms with Gasteiger partial charge in [-0.3, -0.25) is 9.59 Å². The lowest BCUT2D eigenvalue weighted by Gasteiger charge is -2.57. The first-order chi connectivity index (χ1) is 15.0. The van der Waals surface area contributed by atoms with Crippen molar-refractivity contribution in [2.24, 2.45) is 23.5 Å². The summed E-state index contributed by atoms with van der Waals surface area (Å²) in [5.41, 5.74) is 6.86. The number of amides is 3. The van der Waals surface area contributed by atoms with Crippen LogP contribution in [0.4, 0.5) is 10.5 Å². The van der Waals surface area contributed by atoms with Gasteiger partial charge in [-0.05, 0) is 100 Å². The Balaban J connectivity index is 1.42. The largest absolute Gasteiger partial charge is 0.444 e. The van der Waals surface area contributed by atoms with Crippen LogP contribution in [0.2, 0.25) is 0 Å². The van der Waals surface area contributed by atoms with Crippen molar-refractivity contribution in [3.05, 3.63) is 29.8 Å². The Morgan fingerprint density at radius 1 is 1.03 bits per heavy atom. The SMILES string of the molecule is CC(C)(C)OC(=O)N[C@@H](CC(N)=O)C(=O)Nc1ccc(C23CC4CC(CC(C4)C2)C3)cc1. The van der Waals surface area contributed by atoms with E-state index < -0.39 is 29.6 Å². The number of anilines is 1. The molecule has 1 aromatic rings. The zero-order valence-electron chi connectivity index (χ0n) is 19.3. The van der Waals surface area contributed by atoms with Gasteiger partial charge >= 0.3 is 6.09 Å². The summed E-state index contributed by atoms with van der Waals surface area (Å²) >= 11 is 0. The van der Waals surface area contributed by atoms with Crippen LogP contribution in [0.15, 0.2) is 24.3 Å². The molecule has 4 N–H and O–H groups in total. The van der Waals surface area contributed by atoms with Crippen molar-refractivity contribution in [2.75, 3.05) is 5.32 Å². The number of hydrogen-bond acceptors (Lipinski definition) is 4. The molecule has 4 fully saturated rings. The molecule has 4 aliphatic carbocycles. The Hall–Kier alpha value is -2.57. The second-order valence-corrected chi connectivity index (χ2v) is 11.1. The second kappa shape index (κ2) is 8.41. The molecule has 1 aromatic carbocycles. The Morgan fingerprint density at radius 3 is 2.03 bits per heavy atom. The third-order valence-electron chi connectivity index (χ3n) is 7.22. The maximum absolute atomic E-state index is 12.8. The molecule has 5 rings (SSSR count). The Kier molecular flexibility index (Phi) is 5.94. The maximum Gasteiger partial charge on any atom is 0.408 e. The molecule has 0 heterocycles. The fraction of sp³-hybridized carbons (Fsp3) is 0.640. The molecule has 1 atom stereocenters. The lowest BCUT2D eigenvalue weighted by Crippen LogP contribution is -2.48. The van der Waals surface area contributed by atoms with Crippen molar-refractivity contribution in [3.8, 4) is 0 Å². The van der Waals surface area contributed by atoms with Crippen molar-refractivity contribution in [3.63, 3.8) is 0 Å². The van der Waals surface area contributed by atoms with Gasteiger partial charge in [-0.2, -0.15) is 0 Å². The molecule has 4 bridgehead atoms. The third kappa shape index (κ3) is 5.08. The number of nitrogens with two attached hydrogens (primary N) is 1. The topological polar surface area (TPSA) is 111 Å². The van der Waals surface area contributed by atoms with E-state index in [1.165, 1.54) is 44.1 Å². The van der Waals surface area contributed by atoms with E-state index in [1.54, 1.807) is 20.8 Å². The predicted octanol–water partition coefficient (Wildman–Crippen LogP) is 3.86. The highest BCUT2D eigenvalue weighted by atomic mass is 16.6. The van der Waals surface area contributed by atoms with Crippen LogP contribution in [0.25, 0.3) is 0 Å². The monoisotopic (exact) mass is 441 g/mol. The Labute approximate surface area is 189 Å². The van der Waals surface area contributed by atoms with Gasteiger partial charge in [0.15, 0.2) is 0 Å². The molecule has 4 aliphatic rings. The van der Waals surface area contributed by atoms with Gasteiger partial charge in [-0.15, -0.1) is 0 Å². The fourth-order valence-corrected chi connectivity index (χ4v) is 6.46. The lowest BCUT2D eigenvalue weighted by molar-refractivity contribution is -0.124. The minimum Gasteiger partial charge on any atom is -0.444 e. The quantitative estimate of drug-likeness (QED) is 0.622. The number of benzene rings is 1. The van der Waals surface area contributed by atoms with E-state index in [9.17, 15) is 14.4 Å². The van der Waals surface area contributed by atoms with Crippen molar-refractivity contribution >= 4 is 23.6 Å². The van der Waals surface area contributed by atoms with Gasteiger partial charge < -0.3 is 21.1 Å². The molecule has 0 aliphatic heterocycles. The van der Waals surface area contributed by atoms with Gasteiger partial charge in [0.1, 0.15) is 11.6 Å². The Morgan fingerprint density at radius 2 is 1.56 bits per heavy atom. The van der Waals surface area contributed by atoms with E-state index in [-0.39, 0.29) is 6.42 Å². The molecule has 0 radical (unpaired) electrons. The number of primary amides is 1. The molecule has 0 spiro atoms. The predicted molar refractivity (Wildman–Crippen MR) is 122 cm³/mol. The standard InChI is InChI=1S/C25H35N3O4/c1-24(2,3)32-23(31)28-20(11-21(26)29)22(30)27-19-6-4-18(5-7-19)25-12-15-8-16(13-25)10-17(9-15)14-25/h4-7,15-17,20H,8-14H2,1-3H3,(H2,26,29)(H,27,30)(H,28,31)/t15?,16?,17?,20-,25?/m0/s1. The summed E-state index contributed by atoms with van der Waals surface area (Å²) in [4.78, 5) is 36.3. The summed E-state index contributed by atoms with van der Waals surface area (Å²) in [6, 6.07) is 6.99. The Bertz CT molecular complexity index is 852. The average molecular weight is 442 g/mol. The molecule has 0 unspecified atom stereocenters. The number of nitrogens with one attached hydrogen (secondary N) is 2. The second-order valence-electron chi connectivity index (χ2n) is 11.1. The van der Waals surface area contributed by atoms with Crippen LogP contribution in [0, 0.1) is 17.8 Å². The van der Waals surface area contributed by atoms with E-state index in [2.05, 4.69) is 22.8 Å². The number of alkyl carbamates (subject to hydrolysis) is 1. The van der Waals surface area contributed by atoms with E-state index in [0.29, 0.717) is 11.1 Å². The number of ether oxygens (including phenoxy) is 1. The minimum atomic E-state index is -1.11. The van der Waals surface area contributed by atoms with Crippen LogP contribution in [-0.4, -0.2) is 29.6 Å². The normalized spacial score (nSPS) is 29.3. The third-order valence-corrected chi connectivity index (χ3v) is 7.22. The average Bonchev–Trinajstić information content (AvgIpc) is 2.65. The van der Waals surface area contributed by atoms with Crippen molar-refractivity contribution < 1.29 is 19.1 Å². The molecule has 7 nitrogen and oxygen atoms in total. The highest BCUT2D eigenvalue weighted by molar-refractivity contribution is 5.99. The smallest absolute Gasteiger partial charge is 0.408 e.